The molecule has 0 fully saturated rings. The van der Waals surface area contributed by atoms with Gasteiger partial charge in [0.15, 0.2) is 0 Å². The Morgan fingerprint density at radius 3 is 1.95 bits per heavy atom. The maximum atomic E-state index is 5.11. The molecule has 6 rings (SSSR count). The molecule has 0 amide bonds. The fraction of sp³-hybridized carbons (Fsp3) is 0.111. The fourth-order valence-electron chi connectivity index (χ4n) is 4.81. The summed E-state index contributed by atoms with van der Waals surface area (Å²) in [6.07, 6.45) is 2.78. The maximum Gasteiger partial charge on any atom is 0.0831 e. The van der Waals surface area contributed by atoms with Crippen LogP contribution in [0.2, 0.25) is 0 Å². The molecule has 196 valence electrons. The van der Waals surface area contributed by atoms with E-state index in [0.29, 0.717) is 0 Å². The number of nitrogens with zero attached hydrogens (tertiary/aromatic N) is 3. The number of benzene rings is 5. The predicted octanol–water partition coefficient (Wildman–Crippen LogP) is 9.56. The Bertz CT molecular complexity index is 1620. The van der Waals surface area contributed by atoms with Crippen molar-refractivity contribution in [3.8, 4) is 0 Å². The largest absolute Gasteiger partial charge is 0.257 e. The van der Waals surface area contributed by atoms with E-state index in [0.717, 1.165) is 29.1 Å². The minimum absolute atomic E-state index is 0.180. The van der Waals surface area contributed by atoms with Gasteiger partial charge in [-0.05, 0) is 79.1 Å². The highest BCUT2D eigenvalue weighted by atomic mass is 32.2. The van der Waals surface area contributed by atoms with Crippen LogP contribution in [0.3, 0.4) is 0 Å². The van der Waals surface area contributed by atoms with Crippen LogP contribution in [0.4, 0.5) is 11.4 Å². The number of anilines is 1. The number of aryl methyl sites for hydroxylation is 2. The summed E-state index contributed by atoms with van der Waals surface area (Å²) < 4.78 is 0. The van der Waals surface area contributed by atoms with Crippen molar-refractivity contribution >= 4 is 35.1 Å². The third-order valence-corrected chi connectivity index (χ3v) is 8.11. The molecule has 40 heavy (non-hydrogen) atoms. The molecule has 0 N–H and O–H groups in total. The van der Waals surface area contributed by atoms with Gasteiger partial charge in [0, 0.05) is 22.4 Å². The molecule has 0 aliphatic carbocycles. The van der Waals surface area contributed by atoms with Crippen LogP contribution >= 0.6 is 11.8 Å². The third kappa shape index (κ3) is 6.08. The van der Waals surface area contributed by atoms with Crippen LogP contribution in [0, 0.1) is 13.8 Å². The highest BCUT2D eigenvalue weighted by molar-refractivity contribution is 7.99. The Balaban J connectivity index is 1.15. The van der Waals surface area contributed by atoms with Crippen molar-refractivity contribution in [2.75, 3.05) is 5.01 Å². The summed E-state index contributed by atoms with van der Waals surface area (Å²) in [5.41, 5.74) is 9.25. The number of aliphatic imine (C=N–C) groups is 1. The van der Waals surface area contributed by atoms with Crippen molar-refractivity contribution in [2.24, 2.45) is 10.1 Å². The van der Waals surface area contributed by atoms with Gasteiger partial charge in [-0.2, -0.15) is 5.10 Å². The number of hydrazone groups is 1. The summed E-state index contributed by atoms with van der Waals surface area (Å²) in [6.45, 7) is 4.22. The van der Waals surface area contributed by atoms with Gasteiger partial charge in [0.05, 0.1) is 23.1 Å². The van der Waals surface area contributed by atoms with Crippen LogP contribution in [-0.2, 0) is 0 Å². The zero-order chi connectivity index (χ0) is 27.3. The van der Waals surface area contributed by atoms with E-state index in [-0.39, 0.29) is 6.04 Å². The van der Waals surface area contributed by atoms with Gasteiger partial charge in [-0.15, -0.1) is 0 Å². The van der Waals surface area contributed by atoms with Crippen molar-refractivity contribution in [1.82, 2.24) is 0 Å². The zero-order valence-corrected chi connectivity index (χ0v) is 23.6. The van der Waals surface area contributed by atoms with Crippen LogP contribution in [0.15, 0.2) is 147 Å². The van der Waals surface area contributed by atoms with Gasteiger partial charge in [-0.1, -0.05) is 102 Å². The van der Waals surface area contributed by atoms with E-state index in [2.05, 4.69) is 145 Å². The summed E-state index contributed by atoms with van der Waals surface area (Å²) in [7, 11) is 0. The van der Waals surface area contributed by atoms with Gasteiger partial charge < -0.3 is 0 Å². The summed E-state index contributed by atoms with van der Waals surface area (Å²) in [6, 6.07) is 45.0. The molecule has 0 saturated heterocycles. The van der Waals surface area contributed by atoms with Gasteiger partial charge in [0.2, 0.25) is 0 Å². The minimum Gasteiger partial charge on any atom is -0.257 e. The highest BCUT2D eigenvalue weighted by Gasteiger charge is 2.29. The molecule has 5 aromatic rings. The third-order valence-electron chi connectivity index (χ3n) is 7.09. The molecule has 0 radical (unpaired) electrons. The molecule has 3 nitrogen and oxygen atoms in total. The van der Waals surface area contributed by atoms with Gasteiger partial charge >= 0.3 is 0 Å². The van der Waals surface area contributed by atoms with Crippen molar-refractivity contribution in [3.63, 3.8) is 0 Å². The summed E-state index contributed by atoms with van der Waals surface area (Å²) in [4.78, 5) is 7.01. The molecule has 0 aromatic heterocycles. The Labute approximate surface area is 240 Å². The molecular weight excluding hydrogens is 506 g/mol. The molecule has 1 aliphatic rings. The Hall–Kier alpha value is -4.41. The Kier molecular flexibility index (Phi) is 7.60. The maximum absolute atomic E-state index is 5.11. The summed E-state index contributed by atoms with van der Waals surface area (Å²) in [5.74, 6) is 0. The lowest BCUT2D eigenvalue weighted by Crippen LogP contribution is -2.18. The van der Waals surface area contributed by atoms with E-state index < -0.39 is 0 Å². The van der Waals surface area contributed by atoms with Crippen LogP contribution in [0.5, 0.6) is 0 Å². The lowest BCUT2D eigenvalue weighted by molar-refractivity contribution is 0.709. The van der Waals surface area contributed by atoms with Gasteiger partial charge in [-0.25, -0.2) is 0 Å². The second-order valence-electron chi connectivity index (χ2n) is 10.1. The smallest absolute Gasteiger partial charge is 0.0831 e. The zero-order valence-electron chi connectivity index (χ0n) is 22.7. The second-order valence-corrected chi connectivity index (χ2v) is 11.3. The Morgan fingerprint density at radius 1 is 0.700 bits per heavy atom. The average Bonchev–Trinajstić information content (AvgIpc) is 3.44. The molecule has 1 atom stereocenters. The van der Waals surface area contributed by atoms with Crippen molar-refractivity contribution < 1.29 is 0 Å². The average molecular weight is 538 g/mol. The normalized spacial score (nSPS) is 15.0. The molecule has 5 aromatic carbocycles. The number of para-hydroxylation sites is 1. The molecular formula is C36H31N3S. The Morgan fingerprint density at radius 2 is 1.30 bits per heavy atom. The van der Waals surface area contributed by atoms with E-state index in [1.807, 2.05) is 12.3 Å². The van der Waals surface area contributed by atoms with Crippen LogP contribution in [0.25, 0.3) is 0 Å². The van der Waals surface area contributed by atoms with Gasteiger partial charge in [0.1, 0.15) is 0 Å². The molecule has 0 saturated carbocycles. The number of hydrogen-bond donors (Lipinski definition) is 0. The lowest BCUT2D eigenvalue weighted by Gasteiger charge is -2.24. The van der Waals surface area contributed by atoms with Crippen molar-refractivity contribution in [1.29, 1.82) is 0 Å². The number of hydrogen-bond acceptors (Lipinski definition) is 4. The minimum atomic E-state index is 0.180. The second kappa shape index (κ2) is 11.8. The molecule has 1 aliphatic heterocycles. The standard InChI is InChI=1S/C36H31N3S/c1-26-8-12-28(13-9-26)25-37-31-18-22-34(23-19-31)40-33-20-16-29(17-21-33)35-24-36(30-14-10-27(2)11-15-30)39(38-35)32-6-4-3-5-7-32/h3-23,25,36H,24H2,1-2H3. The SMILES string of the molecule is Cc1ccc(C=Nc2ccc(Sc3ccc(C4=NN(c5ccccc5)C(c5ccc(C)cc5)C4)cc3)cc2)cc1. The van der Waals surface area contributed by atoms with Gasteiger partial charge in [-0.3, -0.25) is 10.0 Å². The monoisotopic (exact) mass is 537 g/mol. The van der Waals surface area contributed by atoms with Crippen molar-refractivity contribution in [3.05, 3.63) is 155 Å². The van der Waals surface area contributed by atoms with Gasteiger partial charge in [0.25, 0.3) is 0 Å². The lowest BCUT2D eigenvalue weighted by atomic mass is 9.97. The molecule has 4 heteroatoms. The topological polar surface area (TPSA) is 28.0 Å². The summed E-state index contributed by atoms with van der Waals surface area (Å²) in [5, 5.41) is 7.28. The van der Waals surface area contributed by atoms with Crippen LogP contribution < -0.4 is 5.01 Å². The molecule has 1 unspecified atom stereocenters. The highest BCUT2D eigenvalue weighted by Crippen LogP contribution is 2.37. The predicted molar refractivity (Wildman–Crippen MR) is 169 cm³/mol. The first-order valence-electron chi connectivity index (χ1n) is 13.6. The van der Waals surface area contributed by atoms with E-state index in [9.17, 15) is 0 Å². The fourth-order valence-corrected chi connectivity index (χ4v) is 5.62. The van der Waals surface area contributed by atoms with E-state index in [1.165, 1.54) is 32.0 Å². The van der Waals surface area contributed by atoms with E-state index in [4.69, 9.17) is 5.10 Å². The number of rotatable bonds is 7. The van der Waals surface area contributed by atoms with Crippen molar-refractivity contribution in [2.45, 2.75) is 36.1 Å². The van der Waals surface area contributed by atoms with E-state index in [1.54, 1.807) is 11.8 Å². The first-order valence-corrected chi connectivity index (χ1v) is 14.4. The van der Waals surface area contributed by atoms with Crippen LogP contribution in [-0.4, -0.2) is 11.9 Å². The molecule has 0 bridgehead atoms. The molecule has 1 heterocycles. The first kappa shape index (κ1) is 25.8. The van der Waals surface area contributed by atoms with Crippen LogP contribution in [0.1, 0.15) is 40.3 Å². The summed E-state index contributed by atoms with van der Waals surface area (Å²) >= 11 is 1.76. The van der Waals surface area contributed by atoms with E-state index >= 15 is 0 Å². The quantitative estimate of drug-likeness (QED) is 0.193. The first-order chi connectivity index (χ1) is 19.6. The molecule has 0 spiro atoms.